The number of rotatable bonds is 5. The molecule has 2 aromatic heterocycles. The van der Waals surface area contributed by atoms with Crippen molar-refractivity contribution in [3.05, 3.63) is 34.2 Å². The Balaban J connectivity index is 2.11. The monoisotopic (exact) mass is 324 g/mol. The molecule has 6 heteroatoms. The van der Waals surface area contributed by atoms with Gasteiger partial charge in [-0.2, -0.15) is 5.10 Å². The molecule has 0 radical (unpaired) electrons. The quantitative estimate of drug-likeness (QED) is 0.887. The van der Waals surface area contributed by atoms with Crippen molar-refractivity contribution in [2.45, 2.75) is 33.2 Å². The molecule has 0 unspecified atom stereocenters. The van der Waals surface area contributed by atoms with E-state index in [0.29, 0.717) is 11.5 Å². The highest BCUT2D eigenvalue weighted by molar-refractivity contribution is 9.10. The summed E-state index contributed by atoms with van der Waals surface area (Å²) < 4.78 is 2.78. The lowest BCUT2D eigenvalue weighted by atomic mass is 10.2. The molecule has 2 rings (SSSR count). The summed E-state index contributed by atoms with van der Waals surface area (Å²) in [6.45, 7) is 4.85. The van der Waals surface area contributed by atoms with Gasteiger partial charge in [0.15, 0.2) is 5.82 Å². The van der Waals surface area contributed by atoms with E-state index in [0.717, 1.165) is 29.6 Å². The maximum absolute atomic E-state index is 12.2. The van der Waals surface area contributed by atoms with Crippen LogP contribution in [0.25, 0.3) is 0 Å². The van der Waals surface area contributed by atoms with E-state index < -0.39 is 0 Å². The van der Waals surface area contributed by atoms with Gasteiger partial charge in [-0.3, -0.25) is 9.89 Å². The van der Waals surface area contributed by atoms with Gasteiger partial charge in [-0.15, -0.1) is 0 Å². The number of aryl methyl sites for hydroxylation is 2. The van der Waals surface area contributed by atoms with Crippen LogP contribution in [0.1, 0.15) is 36.5 Å². The zero-order valence-corrected chi connectivity index (χ0v) is 12.6. The Kier molecular flexibility index (Phi) is 4.42. The molecule has 102 valence electrons. The highest BCUT2D eigenvalue weighted by Gasteiger charge is 2.13. The molecule has 2 aromatic rings. The Bertz CT molecular complexity index is 573. The Morgan fingerprint density at radius 3 is 2.95 bits per heavy atom. The van der Waals surface area contributed by atoms with E-state index in [4.69, 9.17) is 0 Å². The van der Waals surface area contributed by atoms with E-state index in [9.17, 15) is 4.79 Å². The average Bonchev–Trinajstić information content (AvgIpc) is 2.96. The second-order valence-electron chi connectivity index (χ2n) is 4.31. The minimum Gasteiger partial charge on any atom is -0.343 e. The summed E-state index contributed by atoms with van der Waals surface area (Å²) in [5.41, 5.74) is 1.65. The van der Waals surface area contributed by atoms with Crippen LogP contribution in [0.4, 0.5) is 5.82 Å². The number of carbonyl (C=O) groups is 1. The van der Waals surface area contributed by atoms with Crippen molar-refractivity contribution >= 4 is 27.7 Å². The Hall–Kier alpha value is -1.56. The van der Waals surface area contributed by atoms with Gasteiger partial charge in [0.2, 0.25) is 0 Å². The predicted molar refractivity (Wildman–Crippen MR) is 78.3 cm³/mol. The van der Waals surface area contributed by atoms with Gasteiger partial charge >= 0.3 is 0 Å². The summed E-state index contributed by atoms with van der Waals surface area (Å²) in [5, 5.41) is 9.80. The van der Waals surface area contributed by atoms with Gasteiger partial charge < -0.3 is 9.88 Å². The highest BCUT2D eigenvalue weighted by atomic mass is 79.9. The number of amides is 1. The summed E-state index contributed by atoms with van der Waals surface area (Å²) in [4.78, 5) is 12.2. The van der Waals surface area contributed by atoms with Crippen LogP contribution in [0, 0.1) is 0 Å². The van der Waals surface area contributed by atoms with Crippen LogP contribution in [-0.2, 0) is 13.0 Å². The minimum atomic E-state index is -0.151. The van der Waals surface area contributed by atoms with Crippen LogP contribution in [0.3, 0.4) is 0 Å². The number of carbonyl (C=O) groups excluding carboxylic acids is 1. The molecule has 0 aliphatic rings. The van der Waals surface area contributed by atoms with E-state index in [1.54, 1.807) is 6.07 Å². The van der Waals surface area contributed by atoms with Crippen molar-refractivity contribution in [2.75, 3.05) is 5.32 Å². The van der Waals surface area contributed by atoms with Crippen molar-refractivity contribution in [1.29, 1.82) is 0 Å². The number of hydrogen-bond donors (Lipinski definition) is 2. The third-order valence-corrected chi connectivity index (χ3v) is 3.26. The SMILES string of the molecule is CCCc1cc(NC(=O)c2cc(Br)cn2CC)n[nH]1. The maximum atomic E-state index is 12.2. The minimum absolute atomic E-state index is 0.151. The van der Waals surface area contributed by atoms with Gasteiger partial charge in [0.25, 0.3) is 5.91 Å². The summed E-state index contributed by atoms with van der Waals surface area (Å²) in [6, 6.07) is 3.67. The van der Waals surface area contributed by atoms with E-state index in [-0.39, 0.29) is 5.91 Å². The van der Waals surface area contributed by atoms with Crippen LogP contribution < -0.4 is 5.32 Å². The second-order valence-corrected chi connectivity index (χ2v) is 5.23. The third-order valence-electron chi connectivity index (χ3n) is 2.83. The average molecular weight is 325 g/mol. The van der Waals surface area contributed by atoms with Gasteiger partial charge in [0, 0.05) is 29.0 Å². The molecule has 0 atom stereocenters. The Labute approximate surface area is 120 Å². The molecule has 2 heterocycles. The Morgan fingerprint density at radius 2 is 2.26 bits per heavy atom. The first kappa shape index (κ1) is 13.9. The number of aromatic nitrogens is 3. The molecule has 0 saturated heterocycles. The standard InChI is InChI=1S/C13H17BrN4O/c1-3-5-10-7-12(17-16-10)15-13(19)11-6-9(14)8-18(11)4-2/h6-8H,3-5H2,1-2H3,(H2,15,16,17,19). The number of anilines is 1. The van der Waals surface area contributed by atoms with Crippen molar-refractivity contribution in [2.24, 2.45) is 0 Å². The number of hydrogen-bond acceptors (Lipinski definition) is 2. The number of aromatic amines is 1. The molecular weight excluding hydrogens is 308 g/mol. The molecule has 5 nitrogen and oxygen atoms in total. The molecule has 0 bridgehead atoms. The van der Waals surface area contributed by atoms with Gasteiger partial charge in [0.05, 0.1) is 0 Å². The first-order valence-electron chi connectivity index (χ1n) is 6.35. The zero-order chi connectivity index (χ0) is 13.8. The van der Waals surface area contributed by atoms with Crippen LogP contribution >= 0.6 is 15.9 Å². The van der Waals surface area contributed by atoms with Crippen molar-refractivity contribution < 1.29 is 4.79 Å². The van der Waals surface area contributed by atoms with E-state index in [1.165, 1.54) is 0 Å². The highest BCUT2D eigenvalue weighted by Crippen LogP contribution is 2.16. The summed E-state index contributed by atoms with van der Waals surface area (Å²) in [6.07, 6.45) is 3.86. The van der Waals surface area contributed by atoms with Crippen molar-refractivity contribution in [3.8, 4) is 0 Å². The van der Waals surface area contributed by atoms with Crippen LogP contribution in [0.5, 0.6) is 0 Å². The first-order valence-corrected chi connectivity index (χ1v) is 7.14. The summed E-state index contributed by atoms with van der Waals surface area (Å²) >= 11 is 3.38. The van der Waals surface area contributed by atoms with Crippen molar-refractivity contribution in [3.63, 3.8) is 0 Å². The van der Waals surface area contributed by atoms with E-state index >= 15 is 0 Å². The lowest BCUT2D eigenvalue weighted by Gasteiger charge is -2.05. The molecule has 2 N–H and O–H groups in total. The molecule has 0 aromatic carbocycles. The van der Waals surface area contributed by atoms with Crippen LogP contribution in [-0.4, -0.2) is 20.7 Å². The second kappa shape index (κ2) is 6.06. The number of nitrogens with one attached hydrogen (secondary N) is 2. The molecule has 19 heavy (non-hydrogen) atoms. The largest absolute Gasteiger partial charge is 0.343 e. The fourth-order valence-corrected chi connectivity index (χ4v) is 2.39. The molecule has 0 spiro atoms. The molecule has 0 aliphatic heterocycles. The lowest BCUT2D eigenvalue weighted by molar-refractivity contribution is 0.101. The number of halogens is 1. The lowest BCUT2D eigenvalue weighted by Crippen LogP contribution is -2.16. The van der Waals surface area contributed by atoms with Crippen LogP contribution in [0.2, 0.25) is 0 Å². The maximum Gasteiger partial charge on any atom is 0.273 e. The molecule has 0 fully saturated rings. The van der Waals surface area contributed by atoms with E-state index in [2.05, 4.69) is 38.4 Å². The third kappa shape index (κ3) is 3.26. The van der Waals surface area contributed by atoms with E-state index in [1.807, 2.05) is 23.8 Å². The normalized spacial score (nSPS) is 10.7. The van der Waals surface area contributed by atoms with Gasteiger partial charge in [-0.1, -0.05) is 13.3 Å². The molecular formula is C13H17BrN4O. The van der Waals surface area contributed by atoms with Gasteiger partial charge in [-0.25, -0.2) is 0 Å². The van der Waals surface area contributed by atoms with Gasteiger partial charge in [0.1, 0.15) is 5.69 Å². The Morgan fingerprint density at radius 1 is 1.47 bits per heavy atom. The van der Waals surface area contributed by atoms with Gasteiger partial charge in [-0.05, 0) is 35.3 Å². The summed E-state index contributed by atoms with van der Waals surface area (Å²) in [5.74, 6) is 0.413. The zero-order valence-electron chi connectivity index (χ0n) is 11.0. The molecule has 1 amide bonds. The number of nitrogens with zero attached hydrogens (tertiary/aromatic N) is 2. The van der Waals surface area contributed by atoms with Crippen LogP contribution in [0.15, 0.2) is 22.8 Å². The topological polar surface area (TPSA) is 62.7 Å². The fourth-order valence-electron chi connectivity index (χ4n) is 1.93. The smallest absolute Gasteiger partial charge is 0.273 e. The first-order chi connectivity index (χ1) is 9.13. The fraction of sp³-hybridized carbons (Fsp3) is 0.385. The molecule has 0 saturated carbocycles. The van der Waals surface area contributed by atoms with Crippen molar-refractivity contribution in [1.82, 2.24) is 14.8 Å². The summed E-state index contributed by atoms with van der Waals surface area (Å²) in [7, 11) is 0. The molecule has 0 aliphatic carbocycles. The predicted octanol–water partition coefficient (Wildman–Crippen LogP) is 3.20. The number of H-pyrrole nitrogens is 1.